The fraction of sp³-hybridized carbons (Fsp3) is 0.909. The SMILES string of the molecule is CN(C)C(=O)CC12CCCCC1C2. The molecule has 0 spiro atoms. The molecule has 0 N–H and O–H groups in total. The Bertz CT molecular complexity index is 224. The molecular weight excluding hydrogens is 162 g/mol. The predicted octanol–water partition coefficient (Wildman–Crippen LogP) is 2.04. The van der Waals surface area contributed by atoms with E-state index in [-0.39, 0.29) is 0 Å². The maximum Gasteiger partial charge on any atom is 0.222 e. The summed E-state index contributed by atoms with van der Waals surface area (Å²) in [6.45, 7) is 0. The monoisotopic (exact) mass is 181 g/mol. The Hall–Kier alpha value is -0.530. The van der Waals surface area contributed by atoms with Crippen molar-refractivity contribution in [2.45, 2.75) is 38.5 Å². The van der Waals surface area contributed by atoms with Crippen molar-refractivity contribution in [3.63, 3.8) is 0 Å². The molecule has 0 aliphatic heterocycles. The highest BCUT2D eigenvalue weighted by molar-refractivity contribution is 5.76. The molecule has 74 valence electrons. The number of nitrogens with zero attached hydrogens (tertiary/aromatic N) is 1. The van der Waals surface area contributed by atoms with Crippen LogP contribution in [0.5, 0.6) is 0 Å². The van der Waals surface area contributed by atoms with Crippen molar-refractivity contribution >= 4 is 5.91 Å². The van der Waals surface area contributed by atoms with Gasteiger partial charge in [0.2, 0.25) is 5.91 Å². The minimum absolute atomic E-state index is 0.324. The largest absolute Gasteiger partial charge is 0.349 e. The third kappa shape index (κ3) is 1.59. The topological polar surface area (TPSA) is 20.3 Å². The summed E-state index contributed by atoms with van der Waals surface area (Å²) < 4.78 is 0. The van der Waals surface area contributed by atoms with Gasteiger partial charge in [0.15, 0.2) is 0 Å². The van der Waals surface area contributed by atoms with Gasteiger partial charge in [0, 0.05) is 20.5 Å². The Morgan fingerprint density at radius 2 is 2.23 bits per heavy atom. The summed E-state index contributed by atoms with van der Waals surface area (Å²) in [5.74, 6) is 1.22. The van der Waals surface area contributed by atoms with Crippen LogP contribution in [0, 0.1) is 11.3 Å². The lowest BCUT2D eigenvalue weighted by atomic mass is 9.85. The molecule has 0 aromatic heterocycles. The summed E-state index contributed by atoms with van der Waals surface area (Å²) in [5, 5.41) is 0. The summed E-state index contributed by atoms with van der Waals surface area (Å²) in [5.41, 5.74) is 0.458. The second-order valence-electron chi connectivity index (χ2n) is 4.97. The van der Waals surface area contributed by atoms with Crippen LogP contribution in [0.3, 0.4) is 0 Å². The third-order valence-electron chi connectivity index (χ3n) is 3.84. The minimum Gasteiger partial charge on any atom is -0.349 e. The highest BCUT2D eigenvalue weighted by Crippen LogP contribution is 2.63. The van der Waals surface area contributed by atoms with Gasteiger partial charge in [-0.3, -0.25) is 4.79 Å². The number of hydrogen-bond donors (Lipinski definition) is 0. The van der Waals surface area contributed by atoms with Crippen LogP contribution in [-0.2, 0) is 4.79 Å². The molecule has 0 bridgehead atoms. The molecule has 2 saturated carbocycles. The Morgan fingerprint density at radius 1 is 1.46 bits per heavy atom. The van der Waals surface area contributed by atoms with E-state index in [0.29, 0.717) is 11.3 Å². The third-order valence-corrected chi connectivity index (χ3v) is 3.84. The minimum atomic E-state index is 0.324. The highest BCUT2D eigenvalue weighted by Gasteiger charge is 2.55. The van der Waals surface area contributed by atoms with E-state index in [9.17, 15) is 4.79 Å². The van der Waals surface area contributed by atoms with E-state index in [1.807, 2.05) is 14.1 Å². The van der Waals surface area contributed by atoms with Crippen molar-refractivity contribution in [3.8, 4) is 0 Å². The van der Waals surface area contributed by atoms with Crippen molar-refractivity contribution in [2.24, 2.45) is 11.3 Å². The first-order chi connectivity index (χ1) is 6.14. The van der Waals surface area contributed by atoms with Gasteiger partial charge in [0.05, 0.1) is 0 Å². The summed E-state index contributed by atoms with van der Waals surface area (Å²) in [6, 6.07) is 0. The van der Waals surface area contributed by atoms with E-state index in [4.69, 9.17) is 0 Å². The average Bonchev–Trinajstić information content (AvgIpc) is 2.77. The molecule has 2 fully saturated rings. The maximum absolute atomic E-state index is 11.6. The molecule has 13 heavy (non-hydrogen) atoms. The molecule has 0 radical (unpaired) electrons. The molecule has 0 aromatic rings. The van der Waals surface area contributed by atoms with Gasteiger partial charge in [-0.1, -0.05) is 12.8 Å². The van der Waals surface area contributed by atoms with Gasteiger partial charge in [0.25, 0.3) is 0 Å². The average molecular weight is 181 g/mol. The lowest BCUT2D eigenvalue weighted by molar-refractivity contribution is -0.130. The van der Waals surface area contributed by atoms with E-state index in [0.717, 1.165) is 12.3 Å². The fourth-order valence-corrected chi connectivity index (χ4v) is 2.78. The van der Waals surface area contributed by atoms with Crippen molar-refractivity contribution < 1.29 is 4.79 Å². The van der Waals surface area contributed by atoms with Gasteiger partial charge in [-0.15, -0.1) is 0 Å². The van der Waals surface area contributed by atoms with Crippen LogP contribution in [0.15, 0.2) is 0 Å². The quantitative estimate of drug-likeness (QED) is 0.638. The van der Waals surface area contributed by atoms with Crippen LogP contribution in [0.2, 0.25) is 0 Å². The van der Waals surface area contributed by atoms with Crippen LogP contribution >= 0.6 is 0 Å². The second kappa shape index (κ2) is 3.00. The van der Waals surface area contributed by atoms with Crippen molar-refractivity contribution in [1.82, 2.24) is 4.90 Å². The zero-order valence-corrected chi connectivity index (χ0v) is 8.68. The van der Waals surface area contributed by atoms with Crippen LogP contribution in [0.4, 0.5) is 0 Å². The van der Waals surface area contributed by atoms with Crippen molar-refractivity contribution in [2.75, 3.05) is 14.1 Å². The Balaban J connectivity index is 1.91. The van der Waals surface area contributed by atoms with Gasteiger partial charge >= 0.3 is 0 Å². The lowest BCUT2D eigenvalue weighted by Gasteiger charge is -2.22. The maximum atomic E-state index is 11.6. The molecule has 0 aromatic carbocycles. The first-order valence-corrected chi connectivity index (χ1v) is 5.34. The zero-order valence-electron chi connectivity index (χ0n) is 8.68. The number of hydrogen-bond acceptors (Lipinski definition) is 1. The molecule has 0 heterocycles. The summed E-state index contributed by atoms with van der Waals surface area (Å²) in [7, 11) is 3.72. The number of fused-ring (bicyclic) bond motifs is 1. The Labute approximate surface area is 80.3 Å². The number of amides is 1. The van der Waals surface area contributed by atoms with E-state index in [2.05, 4.69) is 0 Å². The molecule has 2 rings (SSSR count). The van der Waals surface area contributed by atoms with Crippen molar-refractivity contribution in [3.05, 3.63) is 0 Å². The van der Waals surface area contributed by atoms with E-state index >= 15 is 0 Å². The first kappa shape index (κ1) is 9.04. The first-order valence-electron chi connectivity index (χ1n) is 5.34. The molecule has 2 aliphatic rings. The van der Waals surface area contributed by atoms with Crippen molar-refractivity contribution in [1.29, 1.82) is 0 Å². The number of rotatable bonds is 2. The van der Waals surface area contributed by atoms with Gasteiger partial charge in [-0.2, -0.15) is 0 Å². The summed E-state index contributed by atoms with van der Waals surface area (Å²) in [4.78, 5) is 13.3. The van der Waals surface area contributed by atoms with E-state index < -0.39 is 0 Å². The molecular formula is C11H19NO. The molecule has 0 saturated heterocycles. The number of carbonyl (C=O) groups is 1. The van der Waals surface area contributed by atoms with Gasteiger partial charge in [-0.25, -0.2) is 0 Å². The molecule has 2 aliphatic carbocycles. The number of carbonyl (C=O) groups excluding carboxylic acids is 1. The summed E-state index contributed by atoms with van der Waals surface area (Å²) >= 11 is 0. The molecule has 2 atom stereocenters. The fourth-order valence-electron chi connectivity index (χ4n) is 2.78. The van der Waals surface area contributed by atoms with Gasteiger partial charge in [0.1, 0.15) is 0 Å². The predicted molar refractivity (Wildman–Crippen MR) is 52.3 cm³/mol. The molecule has 2 heteroatoms. The lowest BCUT2D eigenvalue weighted by Crippen LogP contribution is -2.26. The smallest absolute Gasteiger partial charge is 0.222 e. The zero-order chi connectivity index (χ0) is 9.47. The summed E-state index contributed by atoms with van der Waals surface area (Å²) in [6.07, 6.45) is 7.55. The van der Waals surface area contributed by atoms with Gasteiger partial charge in [-0.05, 0) is 30.6 Å². The van der Waals surface area contributed by atoms with Crippen LogP contribution < -0.4 is 0 Å². The van der Waals surface area contributed by atoms with E-state index in [1.165, 1.54) is 32.1 Å². The highest BCUT2D eigenvalue weighted by atomic mass is 16.2. The normalized spacial score (nSPS) is 36.6. The Kier molecular flexibility index (Phi) is 2.09. The van der Waals surface area contributed by atoms with Crippen LogP contribution in [0.1, 0.15) is 38.5 Å². The van der Waals surface area contributed by atoms with Crippen LogP contribution in [-0.4, -0.2) is 24.9 Å². The van der Waals surface area contributed by atoms with Crippen LogP contribution in [0.25, 0.3) is 0 Å². The Morgan fingerprint density at radius 3 is 2.85 bits per heavy atom. The van der Waals surface area contributed by atoms with E-state index in [1.54, 1.807) is 4.90 Å². The molecule has 2 nitrogen and oxygen atoms in total. The second-order valence-corrected chi connectivity index (χ2v) is 4.97. The molecule has 1 amide bonds. The standard InChI is InChI=1S/C11H19NO/c1-12(2)10(13)8-11-6-4-3-5-9(11)7-11/h9H,3-8H2,1-2H3. The molecule has 2 unspecified atom stereocenters. The van der Waals surface area contributed by atoms with Gasteiger partial charge < -0.3 is 4.90 Å².